The third-order valence-electron chi connectivity index (χ3n) is 5.15. The zero-order chi connectivity index (χ0) is 19.4. The van der Waals surface area contributed by atoms with Crippen molar-refractivity contribution in [3.05, 3.63) is 35.9 Å². The van der Waals surface area contributed by atoms with Gasteiger partial charge in [0.2, 0.25) is 11.8 Å². The van der Waals surface area contributed by atoms with Gasteiger partial charge in [-0.1, -0.05) is 30.3 Å². The summed E-state index contributed by atoms with van der Waals surface area (Å²) in [6.07, 6.45) is 2.51. The van der Waals surface area contributed by atoms with E-state index in [2.05, 4.69) is 5.32 Å². The minimum atomic E-state index is -0.776. The van der Waals surface area contributed by atoms with Crippen LogP contribution in [0.1, 0.15) is 44.6 Å². The largest absolute Gasteiger partial charge is 0.344 e. The fourth-order valence-electron chi connectivity index (χ4n) is 3.71. The Labute approximate surface area is 158 Å². The summed E-state index contributed by atoms with van der Waals surface area (Å²) in [4.78, 5) is 49.8. The number of ketones is 1. The molecule has 7 heteroatoms. The minimum Gasteiger partial charge on any atom is -0.344 e. The lowest BCUT2D eigenvalue weighted by molar-refractivity contribution is -0.175. The monoisotopic (exact) mass is 371 g/mol. The van der Waals surface area contributed by atoms with E-state index in [1.807, 2.05) is 30.3 Å². The van der Waals surface area contributed by atoms with Gasteiger partial charge < -0.3 is 5.32 Å². The highest BCUT2D eigenvalue weighted by Crippen LogP contribution is 2.25. The Kier molecular flexibility index (Phi) is 5.88. The highest BCUT2D eigenvalue weighted by molar-refractivity contribution is 5.95. The number of benzene rings is 1. The number of nitrogens with one attached hydrogen (secondary N) is 1. The molecule has 2 aliphatic heterocycles. The molecule has 2 unspecified atom stereocenters. The van der Waals surface area contributed by atoms with Crippen LogP contribution >= 0.6 is 0 Å². The Morgan fingerprint density at radius 1 is 1.15 bits per heavy atom. The van der Waals surface area contributed by atoms with Gasteiger partial charge in [0.25, 0.3) is 5.91 Å². The highest BCUT2D eigenvalue weighted by Gasteiger charge is 2.43. The Morgan fingerprint density at radius 2 is 1.89 bits per heavy atom. The van der Waals surface area contributed by atoms with Crippen LogP contribution in [0.5, 0.6) is 0 Å². The van der Waals surface area contributed by atoms with E-state index in [1.165, 1.54) is 16.9 Å². The number of rotatable bonds is 5. The number of amides is 3. The van der Waals surface area contributed by atoms with Gasteiger partial charge in [-0.05, 0) is 38.2 Å². The molecule has 0 spiro atoms. The van der Waals surface area contributed by atoms with Crippen molar-refractivity contribution in [3.8, 4) is 0 Å². The van der Waals surface area contributed by atoms with Gasteiger partial charge in [-0.15, -0.1) is 0 Å². The standard InChI is InChI=1S/C20H25N3O4/c1-14(24)17-8-5-13-22-19(26)12-10-16(20(27)23(17)22)21-18(25)11-9-15-6-3-2-4-7-15/h2-4,6-7,16-17H,5,8-13H2,1H3,(H,21,25). The van der Waals surface area contributed by atoms with Gasteiger partial charge in [0, 0.05) is 19.4 Å². The molecule has 7 nitrogen and oxygen atoms in total. The number of nitrogens with zero attached hydrogens (tertiary/aromatic N) is 2. The van der Waals surface area contributed by atoms with Crippen LogP contribution in [0, 0.1) is 0 Å². The molecule has 2 fully saturated rings. The lowest BCUT2D eigenvalue weighted by Gasteiger charge is -2.42. The smallest absolute Gasteiger partial charge is 0.264 e. The van der Waals surface area contributed by atoms with Gasteiger partial charge in [-0.2, -0.15) is 0 Å². The number of carbonyl (C=O) groups is 4. The first-order chi connectivity index (χ1) is 13.0. The summed E-state index contributed by atoms with van der Waals surface area (Å²) in [5, 5.41) is 5.46. The first-order valence-corrected chi connectivity index (χ1v) is 9.44. The second kappa shape index (κ2) is 8.33. The molecule has 0 radical (unpaired) electrons. The van der Waals surface area contributed by atoms with E-state index in [-0.39, 0.29) is 42.8 Å². The average Bonchev–Trinajstić information content (AvgIpc) is 2.79. The highest BCUT2D eigenvalue weighted by atomic mass is 16.2. The fourth-order valence-corrected chi connectivity index (χ4v) is 3.71. The summed E-state index contributed by atoms with van der Waals surface area (Å²) in [6.45, 7) is 1.87. The summed E-state index contributed by atoms with van der Waals surface area (Å²) >= 11 is 0. The quantitative estimate of drug-likeness (QED) is 0.843. The molecule has 27 heavy (non-hydrogen) atoms. The van der Waals surface area contributed by atoms with Crippen LogP contribution in [0.3, 0.4) is 0 Å². The third-order valence-corrected chi connectivity index (χ3v) is 5.15. The van der Waals surface area contributed by atoms with Crippen LogP contribution in [0.2, 0.25) is 0 Å². The predicted octanol–water partition coefficient (Wildman–Crippen LogP) is 1.22. The van der Waals surface area contributed by atoms with Crippen molar-refractivity contribution in [1.82, 2.24) is 15.3 Å². The van der Waals surface area contributed by atoms with E-state index in [0.717, 1.165) is 5.56 Å². The Morgan fingerprint density at radius 3 is 2.59 bits per heavy atom. The lowest BCUT2D eigenvalue weighted by atomic mass is 10.0. The number of aryl methyl sites for hydroxylation is 1. The van der Waals surface area contributed by atoms with Gasteiger partial charge in [0.05, 0.1) is 0 Å². The molecule has 0 bridgehead atoms. The van der Waals surface area contributed by atoms with E-state index in [9.17, 15) is 19.2 Å². The van der Waals surface area contributed by atoms with Crippen LogP contribution < -0.4 is 5.32 Å². The van der Waals surface area contributed by atoms with Gasteiger partial charge >= 0.3 is 0 Å². The molecule has 3 rings (SSSR count). The molecular weight excluding hydrogens is 346 g/mol. The number of hydrazine groups is 1. The van der Waals surface area contributed by atoms with E-state index in [4.69, 9.17) is 0 Å². The van der Waals surface area contributed by atoms with Crippen molar-refractivity contribution in [2.45, 2.75) is 57.5 Å². The van der Waals surface area contributed by atoms with Crippen molar-refractivity contribution in [1.29, 1.82) is 0 Å². The zero-order valence-electron chi connectivity index (χ0n) is 15.5. The molecule has 1 aromatic rings. The maximum absolute atomic E-state index is 13.0. The topological polar surface area (TPSA) is 86.8 Å². The average molecular weight is 371 g/mol. The summed E-state index contributed by atoms with van der Waals surface area (Å²) in [7, 11) is 0. The summed E-state index contributed by atoms with van der Waals surface area (Å²) in [5.74, 6) is -0.907. The lowest BCUT2D eigenvalue weighted by Crippen LogP contribution is -2.61. The first kappa shape index (κ1) is 19.1. The SMILES string of the molecule is CC(=O)C1CCCN2C(=O)CCC(NC(=O)CCc3ccccc3)C(=O)N12. The summed E-state index contributed by atoms with van der Waals surface area (Å²) in [6, 6.07) is 8.25. The Bertz CT molecular complexity index is 734. The molecule has 0 aliphatic carbocycles. The van der Waals surface area contributed by atoms with Gasteiger partial charge in [0.15, 0.2) is 5.78 Å². The maximum atomic E-state index is 13.0. The second-order valence-electron chi connectivity index (χ2n) is 7.11. The van der Waals surface area contributed by atoms with Crippen LogP contribution in [-0.4, -0.2) is 52.2 Å². The Balaban J connectivity index is 1.68. The molecular formula is C20H25N3O4. The molecule has 2 heterocycles. The fraction of sp³-hybridized carbons (Fsp3) is 0.500. The van der Waals surface area contributed by atoms with Crippen LogP contribution in [0.15, 0.2) is 30.3 Å². The van der Waals surface area contributed by atoms with Crippen molar-refractivity contribution in [2.24, 2.45) is 0 Å². The molecule has 0 saturated carbocycles. The number of hydrogen-bond donors (Lipinski definition) is 1. The van der Waals surface area contributed by atoms with E-state index in [1.54, 1.807) is 0 Å². The number of carbonyl (C=O) groups excluding carboxylic acids is 4. The first-order valence-electron chi connectivity index (χ1n) is 9.44. The molecule has 144 valence electrons. The van der Waals surface area contributed by atoms with Gasteiger partial charge in [0.1, 0.15) is 12.1 Å². The molecule has 2 aliphatic rings. The van der Waals surface area contributed by atoms with E-state index in [0.29, 0.717) is 25.8 Å². The van der Waals surface area contributed by atoms with Crippen LogP contribution in [-0.2, 0) is 25.6 Å². The molecule has 2 atom stereocenters. The Hall–Kier alpha value is -2.70. The van der Waals surface area contributed by atoms with E-state index >= 15 is 0 Å². The second-order valence-corrected chi connectivity index (χ2v) is 7.11. The minimum absolute atomic E-state index is 0.142. The molecule has 1 aromatic carbocycles. The zero-order valence-corrected chi connectivity index (χ0v) is 15.5. The number of hydrogen-bond acceptors (Lipinski definition) is 4. The molecule has 0 aromatic heterocycles. The molecule has 2 saturated heterocycles. The van der Waals surface area contributed by atoms with Gasteiger partial charge in [-0.3, -0.25) is 24.2 Å². The van der Waals surface area contributed by atoms with Crippen LogP contribution in [0.25, 0.3) is 0 Å². The van der Waals surface area contributed by atoms with Crippen molar-refractivity contribution in [2.75, 3.05) is 6.54 Å². The number of fused-ring (bicyclic) bond motifs is 1. The van der Waals surface area contributed by atoms with Crippen molar-refractivity contribution >= 4 is 23.5 Å². The van der Waals surface area contributed by atoms with E-state index < -0.39 is 12.1 Å². The van der Waals surface area contributed by atoms with Crippen molar-refractivity contribution < 1.29 is 19.2 Å². The van der Waals surface area contributed by atoms with Crippen molar-refractivity contribution in [3.63, 3.8) is 0 Å². The molecule has 1 N–H and O–H groups in total. The van der Waals surface area contributed by atoms with Gasteiger partial charge in [-0.25, -0.2) is 5.01 Å². The maximum Gasteiger partial charge on any atom is 0.264 e. The normalized spacial score (nSPS) is 22.9. The summed E-state index contributed by atoms with van der Waals surface area (Å²) in [5.41, 5.74) is 1.05. The molecule has 3 amide bonds. The number of Topliss-reactive ketones (excluding diaryl/α,β-unsaturated/α-hetero) is 1. The third kappa shape index (κ3) is 4.35. The summed E-state index contributed by atoms with van der Waals surface area (Å²) < 4.78 is 0. The predicted molar refractivity (Wildman–Crippen MR) is 98.2 cm³/mol. The van der Waals surface area contributed by atoms with Crippen LogP contribution in [0.4, 0.5) is 0 Å².